The second kappa shape index (κ2) is 4.04. The van der Waals surface area contributed by atoms with Gasteiger partial charge in [0.15, 0.2) is 5.78 Å². The number of ketones is 1. The lowest BCUT2D eigenvalue weighted by Crippen LogP contribution is -2.23. The molecule has 1 aliphatic carbocycles. The van der Waals surface area contributed by atoms with Gasteiger partial charge in [0.25, 0.3) is 0 Å². The van der Waals surface area contributed by atoms with Crippen molar-refractivity contribution >= 4 is 11.8 Å². The highest BCUT2D eigenvalue weighted by molar-refractivity contribution is 6.12. The summed E-state index contributed by atoms with van der Waals surface area (Å²) in [5.41, 5.74) is 2.45. The molecule has 1 unspecified atom stereocenters. The van der Waals surface area contributed by atoms with Gasteiger partial charge in [0.1, 0.15) is 5.92 Å². The smallest absolute Gasteiger partial charge is 0.317 e. The third-order valence-electron chi connectivity index (χ3n) is 2.83. The van der Waals surface area contributed by atoms with Crippen LogP contribution in [0.2, 0.25) is 0 Å². The van der Waals surface area contributed by atoms with E-state index in [-0.39, 0.29) is 5.78 Å². The van der Waals surface area contributed by atoms with E-state index in [1.165, 1.54) is 6.20 Å². The van der Waals surface area contributed by atoms with E-state index in [1.807, 2.05) is 6.92 Å². The zero-order chi connectivity index (χ0) is 11.7. The molecule has 0 radical (unpaired) electrons. The molecule has 4 nitrogen and oxygen atoms in total. The van der Waals surface area contributed by atoms with Gasteiger partial charge in [-0.1, -0.05) is 0 Å². The minimum Gasteiger partial charge on any atom is -0.465 e. The van der Waals surface area contributed by atoms with Gasteiger partial charge in [0.05, 0.1) is 6.61 Å². The first-order chi connectivity index (χ1) is 7.65. The number of ether oxygens (including phenoxy) is 1. The van der Waals surface area contributed by atoms with Crippen LogP contribution in [0.25, 0.3) is 0 Å². The number of aromatic nitrogens is 1. The molecule has 1 aromatic rings. The minimum atomic E-state index is -0.669. The highest BCUT2D eigenvalue weighted by Gasteiger charge is 2.37. The predicted octanol–water partition coefficient (Wildman–Crippen LogP) is 1.31. The number of carbonyl (C=O) groups excluding carboxylic acids is 2. The van der Waals surface area contributed by atoms with E-state index in [0.717, 1.165) is 11.1 Å². The molecule has 1 atom stereocenters. The van der Waals surface area contributed by atoms with Crippen molar-refractivity contribution in [3.05, 3.63) is 29.1 Å². The van der Waals surface area contributed by atoms with E-state index in [2.05, 4.69) is 4.98 Å². The Morgan fingerprint density at radius 3 is 2.94 bits per heavy atom. The van der Waals surface area contributed by atoms with Crippen molar-refractivity contribution in [2.75, 3.05) is 6.61 Å². The molecule has 0 aliphatic heterocycles. The molecule has 0 bridgehead atoms. The maximum Gasteiger partial charge on any atom is 0.317 e. The first kappa shape index (κ1) is 10.8. The highest BCUT2D eigenvalue weighted by Crippen LogP contribution is 2.29. The van der Waals surface area contributed by atoms with Crippen LogP contribution in [0.3, 0.4) is 0 Å². The van der Waals surface area contributed by atoms with Crippen molar-refractivity contribution in [1.29, 1.82) is 0 Å². The molecule has 0 fully saturated rings. The van der Waals surface area contributed by atoms with Crippen molar-refractivity contribution in [2.45, 2.75) is 20.3 Å². The summed E-state index contributed by atoms with van der Waals surface area (Å²) in [6.45, 7) is 3.93. The lowest BCUT2D eigenvalue weighted by Gasteiger charge is -2.06. The molecule has 0 spiro atoms. The van der Waals surface area contributed by atoms with Gasteiger partial charge in [-0.05, 0) is 31.4 Å². The predicted molar refractivity (Wildman–Crippen MR) is 57.1 cm³/mol. The molecule has 0 saturated heterocycles. The SMILES string of the molecule is CCOC(=O)C1Cc2c(C)cncc2C1=O. The number of hydrogen-bond acceptors (Lipinski definition) is 4. The summed E-state index contributed by atoms with van der Waals surface area (Å²) in [5.74, 6) is -1.26. The number of pyridine rings is 1. The zero-order valence-corrected chi connectivity index (χ0v) is 9.32. The number of rotatable bonds is 2. The average molecular weight is 219 g/mol. The average Bonchev–Trinajstić information content (AvgIpc) is 2.59. The molecule has 1 aromatic heterocycles. The summed E-state index contributed by atoms with van der Waals surface area (Å²) in [7, 11) is 0. The molecular formula is C12H13NO3. The molecule has 16 heavy (non-hydrogen) atoms. The van der Waals surface area contributed by atoms with Gasteiger partial charge in [-0.25, -0.2) is 0 Å². The van der Waals surface area contributed by atoms with Crippen LogP contribution in [-0.2, 0) is 16.0 Å². The van der Waals surface area contributed by atoms with Gasteiger partial charge >= 0.3 is 5.97 Å². The van der Waals surface area contributed by atoms with Crippen molar-refractivity contribution in [2.24, 2.45) is 5.92 Å². The zero-order valence-electron chi connectivity index (χ0n) is 9.32. The summed E-state index contributed by atoms with van der Waals surface area (Å²) >= 11 is 0. The van der Waals surface area contributed by atoms with Crippen molar-refractivity contribution in [3.8, 4) is 0 Å². The summed E-state index contributed by atoms with van der Waals surface area (Å²) in [5, 5.41) is 0. The minimum absolute atomic E-state index is 0.162. The fraction of sp³-hybridized carbons (Fsp3) is 0.417. The maximum atomic E-state index is 11.9. The number of aryl methyl sites for hydroxylation is 1. The third kappa shape index (κ3) is 1.60. The lowest BCUT2D eigenvalue weighted by molar-refractivity contribution is -0.145. The Morgan fingerprint density at radius 1 is 1.56 bits per heavy atom. The topological polar surface area (TPSA) is 56.3 Å². The monoisotopic (exact) mass is 219 g/mol. The largest absolute Gasteiger partial charge is 0.465 e. The highest BCUT2D eigenvalue weighted by atomic mass is 16.5. The number of esters is 1. The molecule has 1 heterocycles. The van der Waals surface area contributed by atoms with E-state index < -0.39 is 11.9 Å². The Hall–Kier alpha value is -1.71. The lowest BCUT2D eigenvalue weighted by atomic mass is 10.1. The molecular weight excluding hydrogens is 206 g/mol. The van der Waals surface area contributed by atoms with Gasteiger partial charge in [-0.15, -0.1) is 0 Å². The molecule has 84 valence electrons. The van der Waals surface area contributed by atoms with Crippen LogP contribution in [0.15, 0.2) is 12.4 Å². The van der Waals surface area contributed by atoms with Crippen molar-refractivity contribution in [3.63, 3.8) is 0 Å². The molecule has 1 aliphatic rings. The van der Waals surface area contributed by atoms with Crippen LogP contribution in [0.1, 0.15) is 28.4 Å². The summed E-state index contributed by atoms with van der Waals surface area (Å²) in [4.78, 5) is 27.5. The number of Topliss-reactive ketones (excluding diaryl/α,β-unsaturated/α-hetero) is 1. The summed E-state index contributed by atoms with van der Waals surface area (Å²) < 4.78 is 4.89. The Balaban J connectivity index is 2.31. The van der Waals surface area contributed by atoms with E-state index in [0.29, 0.717) is 18.6 Å². The van der Waals surface area contributed by atoms with Crippen LogP contribution >= 0.6 is 0 Å². The molecule has 2 rings (SSSR count). The second-order valence-corrected chi connectivity index (χ2v) is 3.86. The van der Waals surface area contributed by atoms with Gasteiger partial charge in [-0.3, -0.25) is 14.6 Å². The standard InChI is InChI=1S/C12H13NO3/c1-3-16-12(15)9-4-8-7(2)5-13-6-10(8)11(9)14/h5-6,9H,3-4H2,1-2H3. The Labute approximate surface area is 93.6 Å². The van der Waals surface area contributed by atoms with Crippen LogP contribution in [0.4, 0.5) is 0 Å². The van der Waals surface area contributed by atoms with Crippen molar-refractivity contribution in [1.82, 2.24) is 4.98 Å². The van der Waals surface area contributed by atoms with E-state index in [9.17, 15) is 9.59 Å². The fourth-order valence-electron chi connectivity index (χ4n) is 1.99. The second-order valence-electron chi connectivity index (χ2n) is 3.86. The quantitative estimate of drug-likeness (QED) is 0.556. The van der Waals surface area contributed by atoms with Gasteiger partial charge < -0.3 is 4.74 Å². The Kier molecular flexibility index (Phi) is 2.73. The number of fused-ring (bicyclic) bond motifs is 1. The number of hydrogen-bond donors (Lipinski definition) is 0. The van der Waals surface area contributed by atoms with Gasteiger partial charge in [0.2, 0.25) is 0 Å². The molecule has 4 heteroatoms. The van der Waals surface area contributed by atoms with E-state index in [4.69, 9.17) is 4.74 Å². The normalized spacial score (nSPS) is 18.4. The van der Waals surface area contributed by atoms with Crippen LogP contribution in [0.5, 0.6) is 0 Å². The first-order valence-electron chi connectivity index (χ1n) is 5.29. The molecule has 0 saturated carbocycles. The van der Waals surface area contributed by atoms with Crippen LogP contribution in [-0.4, -0.2) is 23.3 Å². The van der Waals surface area contributed by atoms with E-state index in [1.54, 1.807) is 13.1 Å². The van der Waals surface area contributed by atoms with Crippen LogP contribution < -0.4 is 0 Å². The maximum absolute atomic E-state index is 11.9. The molecule has 0 N–H and O–H groups in total. The third-order valence-corrected chi connectivity index (χ3v) is 2.83. The van der Waals surface area contributed by atoms with Gasteiger partial charge in [-0.2, -0.15) is 0 Å². The van der Waals surface area contributed by atoms with Gasteiger partial charge in [0, 0.05) is 18.0 Å². The fourth-order valence-corrected chi connectivity index (χ4v) is 1.99. The van der Waals surface area contributed by atoms with Crippen LogP contribution in [0, 0.1) is 12.8 Å². The number of carbonyl (C=O) groups is 2. The summed E-state index contributed by atoms with van der Waals surface area (Å²) in [6, 6.07) is 0. The Bertz CT molecular complexity index is 454. The molecule has 0 amide bonds. The van der Waals surface area contributed by atoms with Crippen molar-refractivity contribution < 1.29 is 14.3 Å². The Morgan fingerprint density at radius 2 is 2.31 bits per heavy atom. The first-order valence-corrected chi connectivity index (χ1v) is 5.29. The molecule has 0 aromatic carbocycles. The van der Waals surface area contributed by atoms with E-state index >= 15 is 0 Å². The number of nitrogens with zero attached hydrogens (tertiary/aromatic N) is 1. The summed E-state index contributed by atoms with van der Waals surface area (Å²) in [6.07, 6.45) is 3.69.